The number of piperidine rings is 1. The van der Waals surface area contributed by atoms with Crippen LogP contribution in [0.3, 0.4) is 0 Å². The number of aromatic amines is 1. The first kappa shape index (κ1) is 58.2. The number of hydrogen-bond donors (Lipinski definition) is 4. The molecule has 0 radical (unpaired) electrons. The number of anilines is 2. The van der Waals surface area contributed by atoms with Crippen LogP contribution in [0.5, 0.6) is 0 Å². The lowest BCUT2D eigenvalue weighted by molar-refractivity contribution is -0.162. The number of rotatable bonds is 18. The van der Waals surface area contributed by atoms with Crippen molar-refractivity contribution in [3.63, 3.8) is 0 Å². The van der Waals surface area contributed by atoms with Crippen molar-refractivity contribution in [2.75, 3.05) is 76.5 Å². The second-order valence-corrected chi connectivity index (χ2v) is 26.1. The fraction of sp³-hybridized carbons (Fsp3) is 0.448. The molecule has 6 aromatic rings. The van der Waals surface area contributed by atoms with Crippen molar-refractivity contribution in [1.29, 1.82) is 0 Å². The van der Waals surface area contributed by atoms with Crippen molar-refractivity contribution in [3.05, 3.63) is 130 Å². The second kappa shape index (κ2) is 23.7. The maximum absolute atomic E-state index is 15.8. The fourth-order valence-corrected chi connectivity index (χ4v) is 14.0. The topological polar surface area (TPSA) is 239 Å². The van der Waals surface area contributed by atoms with Gasteiger partial charge in [-0.25, -0.2) is 22.8 Å². The van der Waals surface area contributed by atoms with Gasteiger partial charge in [-0.2, -0.15) is 9.40 Å². The highest BCUT2D eigenvalue weighted by atomic mass is 35.5. The molecular weight excluding hydrogens is 1110 g/mol. The van der Waals surface area contributed by atoms with Crippen LogP contribution in [0.15, 0.2) is 91.5 Å². The van der Waals surface area contributed by atoms with Crippen molar-refractivity contribution in [2.45, 2.75) is 83.7 Å². The zero-order chi connectivity index (χ0) is 58.3. The monoisotopic (exact) mass is 1180 g/mol. The molecule has 82 heavy (non-hydrogen) atoms. The molecule has 3 aromatic heterocycles. The van der Waals surface area contributed by atoms with Crippen molar-refractivity contribution < 1.29 is 41.9 Å². The van der Waals surface area contributed by atoms with Crippen LogP contribution in [-0.2, 0) is 29.2 Å². The van der Waals surface area contributed by atoms with Crippen molar-refractivity contribution >= 4 is 80.0 Å². The molecule has 1 saturated carbocycles. The molecule has 0 unspecified atom stereocenters. The summed E-state index contributed by atoms with van der Waals surface area (Å²) in [4.78, 5) is 83.7. The molecule has 1 aliphatic carbocycles. The van der Waals surface area contributed by atoms with Crippen LogP contribution in [0, 0.1) is 16.6 Å². The number of aromatic nitrogens is 5. The highest BCUT2D eigenvalue weighted by molar-refractivity contribution is 7.89. The van der Waals surface area contributed by atoms with Gasteiger partial charge in [0.25, 0.3) is 5.91 Å². The summed E-state index contributed by atoms with van der Waals surface area (Å²) in [6.45, 7) is 9.03. The lowest BCUT2D eigenvalue weighted by atomic mass is 9.66. The number of nitrogens with one attached hydrogen (secondary N) is 3. The molecule has 6 heterocycles. The largest absolute Gasteiger partial charge is 0.481 e. The van der Waals surface area contributed by atoms with E-state index in [0.29, 0.717) is 59.2 Å². The van der Waals surface area contributed by atoms with Gasteiger partial charge in [-0.15, -0.1) is 0 Å². The molecule has 4 N–H and O–H groups in total. The number of carboxylic acid groups (broad SMARTS) is 1. The molecule has 4 amide bonds. The van der Waals surface area contributed by atoms with Crippen LogP contribution in [0.1, 0.15) is 105 Å². The molecule has 0 spiro atoms. The van der Waals surface area contributed by atoms with Crippen LogP contribution in [-0.4, -0.2) is 169 Å². The number of amides is 4. The number of fused-ring (bicyclic) bond motifs is 1. The van der Waals surface area contributed by atoms with Crippen molar-refractivity contribution in [1.82, 2.24) is 53.8 Å². The van der Waals surface area contributed by atoms with Crippen LogP contribution < -0.4 is 10.6 Å². The van der Waals surface area contributed by atoms with Gasteiger partial charge in [0.1, 0.15) is 5.82 Å². The van der Waals surface area contributed by atoms with Crippen LogP contribution >= 0.6 is 23.2 Å². The van der Waals surface area contributed by atoms with Crippen molar-refractivity contribution in [2.24, 2.45) is 10.8 Å². The Hall–Kier alpha value is -6.98. The molecule has 10 rings (SSSR count). The van der Waals surface area contributed by atoms with Gasteiger partial charge in [0.15, 0.2) is 11.5 Å². The van der Waals surface area contributed by atoms with Gasteiger partial charge < -0.3 is 30.4 Å². The Balaban J connectivity index is 0.706. The lowest BCUT2D eigenvalue weighted by Crippen LogP contribution is -2.61. The predicted octanol–water partition coefficient (Wildman–Crippen LogP) is 7.58. The van der Waals surface area contributed by atoms with Gasteiger partial charge in [0, 0.05) is 111 Å². The third-order valence-corrected chi connectivity index (χ3v) is 18.7. The summed E-state index contributed by atoms with van der Waals surface area (Å²) in [7, 11) is -4.10. The van der Waals surface area contributed by atoms with E-state index in [1.54, 1.807) is 76.6 Å². The molecule has 4 aliphatic rings. The zero-order valence-corrected chi connectivity index (χ0v) is 48.5. The molecule has 4 atom stereocenters. The summed E-state index contributed by atoms with van der Waals surface area (Å²) >= 11 is 12.9. The van der Waals surface area contributed by atoms with E-state index in [-0.39, 0.29) is 81.1 Å². The Bertz CT molecular complexity index is 3490. The summed E-state index contributed by atoms with van der Waals surface area (Å²) in [5, 5.41) is 23.9. The van der Waals surface area contributed by atoms with E-state index in [4.69, 9.17) is 28.2 Å². The van der Waals surface area contributed by atoms with Crippen molar-refractivity contribution in [3.8, 4) is 11.3 Å². The molecular formula is C58H67Cl2FN12O8S. The highest BCUT2D eigenvalue weighted by Gasteiger charge is 2.55. The first-order valence-corrected chi connectivity index (χ1v) is 29.9. The molecule has 3 aromatic carbocycles. The average molecular weight is 1180 g/mol. The quantitative estimate of drug-likeness (QED) is 0.0650. The number of H-pyrrole nitrogens is 1. The van der Waals surface area contributed by atoms with Gasteiger partial charge in [0.05, 0.1) is 65.7 Å². The number of carbonyl (C=O) groups is 5. The molecule has 24 heteroatoms. The number of likely N-dealkylation sites (tertiary alicyclic amines) is 1. The number of halogens is 3. The number of aliphatic carboxylic acids is 1. The maximum atomic E-state index is 15.8. The third-order valence-electron chi connectivity index (χ3n) is 16.3. The number of nitrogens with zero attached hydrogens (tertiary/aromatic N) is 9. The lowest BCUT2D eigenvalue weighted by Gasteiger charge is -2.54. The molecule has 434 valence electrons. The van der Waals surface area contributed by atoms with Gasteiger partial charge in [-0.05, 0) is 78.3 Å². The van der Waals surface area contributed by atoms with Gasteiger partial charge >= 0.3 is 5.97 Å². The number of piperazine rings is 2. The SMILES string of the molecule is CC(C)(C)[C@@H](CS(=O)(=O)N1CCN(C(=O)CCNC(=O)CN2CCN(C(=O)c3ccc(Nc4nc(C5CC5)cn5c(-c6cn[nH]c6)cnc45)c(F)c3)CC2)CC1)N1C(=O)[C@@](C)(CC(=O)O)C[C@H](c2cccc(Cl)c2)[C@H]1c1ccc(Cl)cc1. The van der Waals surface area contributed by atoms with Crippen LogP contribution in [0.2, 0.25) is 10.0 Å². The third kappa shape index (κ3) is 12.8. The number of carbonyl (C=O) groups excluding carboxylic acids is 4. The van der Waals surface area contributed by atoms with Gasteiger partial charge in [0.2, 0.25) is 27.7 Å². The maximum Gasteiger partial charge on any atom is 0.304 e. The van der Waals surface area contributed by atoms with E-state index in [0.717, 1.165) is 35.4 Å². The Morgan fingerprint density at radius 1 is 0.902 bits per heavy atom. The second-order valence-electron chi connectivity index (χ2n) is 23.2. The molecule has 3 aliphatic heterocycles. The van der Waals surface area contributed by atoms with E-state index in [1.165, 1.54) is 16.4 Å². The van der Waals surface area contributed by atoms with Gasteiger partial charge in [-0.1, -0.05) is 75.2 Å². The van der Waals surface area contributed by atoms with E-state index in [9.17, 15) is 32.7 Å². The smallest absolute Gasteiger partial charge is 0.304 e. The normalized spacial score (nSPS) is 20.7. The number of sulfonamides is 1. The summed E-state index contributed by atoms with van der Waals surface area (Å²) in [6, 6.07) is 16.9. The minimum absolute atomic E-state index is 0.00607. The average Bonchev–Trinajstić information content (AvgIpc) is 4.05. The van der Waals surface area contributed by atoms with Gasteiger partial charge in [-0.3, -0.25) is 38.4 Å². The van der Waals surface area contributed by atoms with E-state index in [1.807, 2.05) is 54.5 Å². The summed E-state index contributed by atoms with van der Waals surface area (Å²) < 4.78 is 48.3. The molecule has 0 bridgehead atoms. The standard InChI is InChI=1S/C58H67Cl2FN12O8S/c1-57(2,3)48(73-52(37-10-13-41(59)14-11-37)43(38-6-5-7-42(60)26-38)28-58(4,56(73)79)29-51(76)77)35-82(80,81)71-24-22-69(23-25-71)50(75)16-17-62-49(74)34-68-18-20-70(21-19-68)55(78)39-12-15-45(44(61)27-39)66-53-54-63-32-47(40-30-64-65-31-40)72(54)33-46(67-53)36-8-9-36/h5-7,10-15,26-27,30-33,36,43,48,52H,8-9,16-25,28-29,34-35H2,1-4H3,(H,62,74)(H,64,65)(H,66,67)(H,76,77)/t43-,48-,52-,58-/m1/s1. The zero-order valence-electron chi connectivity index (χ0n) is 46.2. The van der Waals surface area contributed by atoms with E-state index >= 15 is 9.18 Å². The van der Waals surface area contributed by atoms with Crippen LogP contribution in [0.4, 0.5) is 15.9 Å². The number of imidazole rings is 1. The predicted molar refractivity (Wildman–Crippen MR) is 308 cm³/mol. The van der Waals surface area contributed by atoms with E-state index < -0.39 is 68.7 Å². The Kier molecular flexibility index (Phi) is 16.8. The summed E-state index contributed by atoms with van der Waals surface area (Å²) in [5.41, 5.74) is 2.63. The minimum Gasteiger partial charge on any atom is -0.481 e. The number of carboxylic acids is 1. The molecule has 20 nitrogen and oxygen atoms in total. The minimum atomic E-state index is -4.10. The molecule has 4 fully saturated rings. The summed E-state index contributed by atoms with van der Waals surface area (Å²) in [6.07, 6.45) is 8.88. The fourth-order valence-electron chi connectivity index (χ4n) is 11.7. The first-order chi connectivity index (χ1) is 39.0. The summed E-state index contributed by atoms with van der Waals surface area (Å²) in [5.74, 6) is -3.35. The number of benzene rings is 3. The van der Waals surface area contributed by atoms with Crippen LogP contribution in [0.25, 0.3) is 16.9 Å². The Labute approximate surface area is 485 Å². The highest BCUT2D eigenvalue weighted by Crippen LogP contribution is 2.54. The number of hydrogen-bond acceptors (Lipinski definition) is 12. The first-order valence-electron chi connectivity index (χ1n) is 27.6. The van der Waals surface area contributed by atoms with E-state index in [2.05, 4.69) is 25.8 Å². The molecule has 3 saturated heterocycles. The Morgan fingerprint density at radius 2 is 1.62 bits per heavy atom. The Morgan fingerprint density at radius 3 is 2.27 bits per heavy atom.